The molecule has 0 saturated heterocycles. The number of methoxy groups -OCH3 is 1. The highest BCUT2D eigenvalue weighted by molar-refractivity contribution is 6.32. The van der Waals surface area contributed by atoms with Crippen molar-refractivity contribution >= 4 is 23.2 Å². The molecule has 0 saturated carbocycles. The van der Waals surface area contributed by atoms with E-state index in [1.807, 2.05) is 12.1 Å². The van der Waals surface area contributed by atoms with Crippen LogP contribution in [-0.2, 0) is 12.5 Å². The van der Waals surface area contributed by atoms with Crippen molar-refractivity contribution < 1.29 is 9.47 Å². The van der Waals surface area contributed by atoms with Crippen molar-refractivity contribution in [1.29, 1.82) is 0 Å². The second-order valence-electron chi connectivity index (χ2n) is 4.90. The highest BCUT2D eigenvalue weighted by atomic mass is 35.5. The largest absolute Gasteiger partial charge is 0.493 e. The SMILES string of the molecule is COc1cc(CCl)cc(Cl)c1OCc1c(C)cccc1C. The van der Waals surface area contributed by atoms with E-state index in [1.165, 1.54) is 11.1 Å². The molecule has 0 N–H and O–H groups in total. The number of rotatable bonds is 5. The quantitative estimate of drug-likeness (QED) is 0.696. The molecule has 0 spiro atoms. The van der Waals surface area contributed by atoms with Crippen LogP contribution in [0.3, 0.4) is 0 Å². The first kappa shape index (κ1) is 16.0. The van der Waals surface area contributed by atoms with Crippen LogP contribution in [0.1, 0.15) is 22.3 Å². The van der Waals surface area contributed by atoms with Crippen LogP contribution in [0.5, 0.6) is 11.5 Å². The molecular formula is C17H18Cl2O2. The Balaban J connectivity index is 2.28. The molecule has 0 aliphatic rings. The van der Waals surface area contributed by atoms with Crippen molar-refractivity contribution in [3.8, 4) is 11.5 Å². The van der Waals surface area contributed by atoms with E-state index in [-0.39, 0.29) is 0 Å². The molecule has 2 aromatic carbocycles. The normalized spacial score (nSPS) is 10.5. The van der Waals surface area contributed by atoms with Crippen LogP contribution in [-0.4, -0.2) is 7.11 Å². The molecule has 112 valence electrons. The lowest BCUT2D eigenvalue weighted by Gasteiger charge is -2.15. The summed E-state index contributed by atoms with van der Waals surface area (Å²) in [4.78, 5) is 0. The number of hydrogen-bond acceptors (Lipinski definition) is 2. The van der Waals surface area contributed by atoms with E-state index in [1.54, 1.807) is 13.2 Å². The number of ether oxygens (including phenoxy) is 2. The summed E-state index contributed by atoms with van der Waals surface area (Å²) in [5.41, 5.74) is 4.46. The van der Waals surface area contributed by atoms with E-state index < -0.39 is 0 Å². The van der Waals surface area contributed by atoms with E-state index in [4.69, 9.17) is 32.7 Å². The molecule has 2 aromatic rings. The standard InChI is InChI=1S/C17H18Cl2O2/c1-11-5-4-6-12(2)14(11)10-21-17-15(19)7-13(9-18)8-16(17)20-3/h4-8H,9-10H2,1-3H3. The Bertz CT molecular complexity index is 619. The van der Waals surface area contributed by atoms with Gasteiger partial charge in [-0.05, 0) is 48.2 Å². The number of hydrogen-bond donors (Lipinski definition) is 0. The first-order valence-corrected chi connectivity index (χ1v) is 7.58. The zero-order valence-electron chi connectivity index (χ0n) is 12.4. The summed E-state index contributed by atoms with van der Waals surface area (Å²) >= 11 is 12.1. The van der Waals surface area contributed by atoms with Gasteiger partial charge in [0.1, 0.15) is 6.61 Å². The van der Waals surface area contributed by atoms with Crippen LogP contribution in [0, 0.1) is 13.8 Å². The van der Waals surface area contributed by atoms with Gasteiger partial charge >= 0.3 is 0 Å². The first-order valence-electron chi connectivity index (χ1n) is 6.67. The molecule has 0 fully saturated rings. The van der Waals surface area contributed by atoms with E-state index >= 15 is 0 Å². The van der Waals surface area contributed by atoms with Gasteiger partial charge in [0.2, 0.25) is 0 Å². The summed E-state index contributed by atoms with van der Waals surface area (Å²) in [7, 11) is 1.59. The van der Waals surface area contributed by atoms with Crippen molar-refractivity contribution in [2.75, 3.05) is 7.11 Å². The van der Waals surface area contributed by atoms with E-state index in [0.717, 1.165) is 11.1 Å². The molecular weight excluding hydrogens is 307 g/mol. The van der Waals surface area contributed by atoms with E-state index in [0.29, 0.717) is 29.0 Å². The Labute approximate surface area is 135 Å². The predicted octanol–water partition coefficient (Wildman–Crippen LogP) is 5.28. The van der Waals surface area contributed by atoms with Gasteiger partial charge in [-0.2, -0.15) is 0 Å². The molecule has 0 aliphatic heterocycles. The maximum Gasteiger partial charge on any atom is 0.180 e. The summed E-state index contributed by atoms with van der Waals surface area (Å²) in [5, 5.41) is 0.510. The number of halogens is 2. The minimum absolute atomic E-state index is 0.382. The van der Waals surface area contributed by atoms with Crippen LogP contribution < -0.4 is 9.47 Å². The highest BCUT2D eigenvalue weighted by Gasteiger charge is 2.13. The third-order valence-corrected chi connectivity index (χ3v) is 4.04. The van der Waals surface area contributed by atoms with Crippen molar-refractivity contribution in [1.82, 2.24) is 0 Å². The van der Waals surface area contributed by atoms with Crippen LogP contribution in [0.15, 0.2) is 30.3 Å². The van der Waals surface area contributed by atoms with Crippen LogP contribution in [0.2, 0.25) is 5.02 Å². The van der Waals surface area contributed by atoms with Gasteiger partial charge < -0.3 is 9.47 Å². The molecule has 0 aliphatic carbocycles. The highest BCUT2D eigenvalue weighted by Crippen LogP contribution is 2.37. The molecule has 21 heavy (non-hydrogen) atoms. The number of aryl methyl sites for hydroxylation is 2. The van der Waals surface area contributed by atoms with Crippen molar-refractivity contribution in [3.63, 3.8) is 0 Å². The molecule has 4 heteroatoms. The minimum atomic E-state index is 0.382. The summed E-state index contributed by atoms with van der Waals surface area (Å²) in [6.45, 7) is 4.59. The zero-order valence-corrected chi connectivity index (χ0v) is 13.9. The van der Waals surface area contributed by atoms with Gasteiger partial charge in [-0.1, -0.05) is 29.8 Å². The molecule has 0 bridgehead atoms. The molecule has 0 amide bonds. The van der Waals surface area contributed by atoms with Gasteiger partial charge in [0.15, 0.2) is 11.5 Å². The third-order valence-electron chi connectivity index (χ3n) is 3.45. The lowest BCUT2D eigenvalue weighted by Crippen LogP contribution is -2.02. The van der Waals surface area contributed by atoms with Gasteiger partial charge in [-0.25, -0.2) is 0 Å². The van der Waals surface area contributed by atoms with Gasteiger partial charge in [0, 0.05) is 5.88 Å². The smallest absolute Gasteiger partial charge is 0.180 e. The molecule has 2 rings (SSSR count). The molecule has 0 unspecified atom stereocenters. The molecule has 0 aromatic heterocycles. The van der Waals surface area contributed by atoms with Crippen molar-refractivity contribution in [2.45, 2.75) is 26.3 Å². The summed E-state index contributed by atoms with van der Waals surface area (Å²) in [6.07, 6.45) is 0. The van der Waals surface area contributed by atoms with Crippen LogP contribution in [0.25, 0.3) is 0 Å². The lowest BCUT2D eigenvalue weighted by molar-refractivity contribution is 0.283. The molecule has 2 nitrogen and oxygen atoms in total. The van der Waals surface area contributed by atoms with Crippen LogP contribution in [0.4, 0.5) is 0 Å². The fourth-order valence-electron chi connectivity index (χ4n) is 2.21. The summed E-state index contributed by atoms with van der Waals surface area (Å²) in [6, 6.07) is 9.83. The Kier molecular flexibility index (Phi) is 5.38. The first-order chi connectivity index (χ1) is 10.1. The minimum Gasteiger partial charge on any atom is -0.493 e. The molecule has 0 heterocycles. The maximum atomic E-state index is 6.27. The summed E-state index contributed by atoms with van der Waals surface area (Å²) in [5.74, 6) is 1.54. The average molecular weight is 325 g/mol. The second-order valence-corrected chi connectivity index (χ2v) is 5.58. The van der Waals surface area contributed by atoms with E-state index in [9.17, 15) is 0 Å². The topological polar surface area (TPSA) is 18.5 Å². The molecule has 0 atom stereocenters. The summed E-state index contributed by atoms with van der Waals surface area (Å²) < 4.78 is 11.3. The van der Waals surface area contributed by atoms with Gasteiger partial charge in [-0.3, -0.25) is 0 Å². The van der Waals surface area contributed by atoms with Gasteiger partial charge in [-0.15, -0.1) is 11.6 Å². The Morgan fingerprint density at radius 3 is 2.33 bits per heavy atom. The Morgan fingerprint density at radius 2 is 1.76 bits per heavy atom. The van der Waals surface area contributed by atoms with Crippen molar-refractivity contribution in [2.24, 2.45) is 0 Å². The Morgan fingerprint density at radius 1 is 1.10 bits per heavy atom. The fourth-order valence-corrected chi connectivity index (χ4v) is 2.65. The maximum absolute atomic E-state index is 6.27. The molecule has 0 radical (unpaired) electrons. The lowest BCUT2D eigenvalue weighted by atomic mass is 10.0. The number of benzene rings is 2. The fraction of sp³-hybridized carbons (Fsp3) is 0.294. The number of alkyl halides is 1. The third kappa shape index (κ3) is 3.63. The average Bonchev–Trinajstić information content (AvgIpc) is 2.47. The monoisotopic (exact) mass is 324 g/mol. The predicted molar refractivity (Wildman–Crippen MR) is 87.8 cm³/mol. The van der Waals surface area contributed by atoms with E-state index in [2.05, 4.69) is 26.0 Å². The Hall–Kier alpha value is -1.38. The van der Waals surface area contributed by atoms with Gasteiger partial charge in [0.25, 0.3) is 0 Å². The second kappa shape index (κ2) is 7.06. The zero-order chi connectivity index (χ0) is 15.4. The van der Waals surface area contributed by atoms with Gasteiger partial charge in [0.05, 0.1) is 12.1 Å². The van der Waals surface area contributed by atoms with Crippen LogP contribution >= 0.6 is 23.2 Å². The van der Waals surface area contributed by atoms with Crippen molar-refractivity contribution in [3.05, 3.63) is 57.6 Å².